The Bertz CT molecular complexity index is 1070. The number of hydrogen-bond donors (Lipinski definition) is 2. The zero-order valence-electron chi connectivity index (χ0n) is 34.7. The number of carbonyl (C=O) groups is 2. The summed E-state index contributed by atoms with van der Waals surface area (Å²) < 4.78 is 32.7. The van der Waals surface area contributed by atoms with E-state index in [1.807, 2.05) is 6.08 Å². The summed E-state index contributed by atoms with van der Waals surface area (Å²) in [6, 6.07) is 0. The molecule has 0 fully saturated rings. The quantitative estimate of drug-likeness (QED) is 0.0268. The van der Waals surface area contributed by atoms with E-state index in [9.17, 15) is 19.0 Å². The first kappa shape index (κ1) is 52.7. The molecule has 0 aromatic carbocycles. The summed E-state index contributed by atoms with van der Waals surface area (Å²) >= 11 is 0. The van der Waals surface area contributed by atoms with Crippen molar-refractivity contribution in [3.05, 3.63) is 61.3 Å². The van der Waals surface area contributed by atoms with Crippen LogP contribution in [0.4, 0.5) is 0 Å². The predicted octanol–water partition coefficient (Wildman–Crippen LogP) is 12.5. The molecule has 0 saturated carbocycles. The summed E-state index contributed by atoms with van der Waals surface area (Å²) in [5, 5.41) is 0. The summed E-state index contributed by atoms with van der Waals surface area (Å²) in [5.41, 5.74) is 5.34. The third-order valence-electron chi connectivity index (χ3n) is 9.02. The second-order valence-corrected chi connectivity index (χ2v) is 15.7. The standard InChI is InChI=1S/C45H80NO8P/c1-3-5-7-9-11-13-15-17-19-20-21-22-24-26-28-30-32-34-36-38-45(48)54-43(42-53-55(49,50)52-40-39-46)41-51-44(47)37-35-33-31-29-27-25-23-18-16-14-12-10-8-6-4-2/h4,11,13,17,19,21-22,26,28,43H,2-3,5-10,12,14-16,18,20,23-25,27,29-42,46H2,1H3,(H,49,50)/b13-11+,19-17+,22-21+,28-26+/t43-/m1/s1. The topological polar surface area (TPSA) is 134 Å². The lowest BCUT2D eigenvalue weighted by atomic mass is 10.0. The molecule has 0 amide bonds. The van der Waals surface area contributed by atoms with E-state index in [1.165, 1.54) is 89.9 Å². The molecular formula is C45H80NO8P. The van der Waals surface area contributed by atoms with Crippen molar-refractivity contribution in [2.45, 2.75) is 186 Å². The largest absolute Gasteiger partial charge is 0.472 e. The van der Waals surface area contributed by atoms with Crippen molar-refractivity contribution >= 4 is 19.8 Å². The van der Waals surface area contributed by atoms with Gasteiger partial charge in [0.25, 0.3) is 0 Å². The van der Waals surface area contributed by atoms with Gasteiger partial charge in [-0.3, -0.25) is 18.6 Å². The van der Waals surface area contributed by atoms with E-state index < -0.39 is 32.5 Å². The van der Waals surface area contributed by atoms with Crippen LogP contribution in [0.1, 0.15) is 180 Å². The van der Waals surface area contributed by atoms with Gasteiger partial charge in [-0.2, -0.15) is 0 Å². The van der Waals surface area contributed by atoms with Gasteiger partial charge < -0.3 is 20.1 Å². The minimum Gasteiger partial charge on any atom is -0.462 e. The average molecular weight is 794 g/mol. The van der Waals surface area contributed by atoms with Crippen LogP contribution in [0.25, 0.3) is 0 Å². The minimum absolute atomic E-state index is 0.0452. The van der Waals surface area contributed by atoms with E-state index in [4.69, 9.17) is 24.3 Å². The summed E-state index contributed by atoms with van der Waals surface area (Å²) in [6.45, 7) is 5.18. The maximum Gasteiger partial charge on any atom is 0.472 e. The van der Waals surface area contributed by atoms with Gasteiger partial charge in [0.2, 0.25) is 0 Å². The Morgan fingerprint density at radius 2 is 1.04 bits per heavy atom. The van der Waals surface area contributed by atoms with Gasteiger partial charge in [0.1, 0.15) is 6.61 Å². The zero-order chi connectivity index (χ0) is 40.3. The summed E-state index contributed by atoms with van der Waals surface area (Å²) in [4.78, 5) is 34.9. The van der Waals surface area contributed by atoms with E-state index in [1.54, 1.807) is 0 Å². The summed E-state index contributed by atoms with van der Waals surface area (Å²) in [7, 11) is -4.39. The number of rotatable bonds is 41. The molecule has 55 heavy (non-hydrogen) atoms. The number of carbonyl (C=O) groups excluding carboxylic acids is 2. The lowest BCUT2D eigenvalue weighted by Gasteiger charge is -2.19. The fourth-order valence-electron chi connectivity index (χ4n) is 5.77. The Morgan fingerprint density at radius 3 is 1.55 bits per heavy atom. The van der Waals surface area contributed by atoms with E-state index in [2.05, 4.69) is 62.1 Å². The van der Waals surface area contributed by atoms with Crippen LogP contribution in [-0.2, 0) is 32.7 Å². The van der Waals surface area contributed by atoms with E-state index in [0.29, 0.717) is 6.42 Å². The molecular weight excluding hydrogens is 713 g/mol. The van der Waals surface area contributed by atoms with Crippen LogP contribution >= 0.6 is 7.82 Å². The molecule has 0 radical (unpaired) electrons. The normalized spacial score (nSPS) is 13.7. The fourth-order valence-corrected chi connectivity index (χ4v) is 6.54. The number of phosphoric acid groups is 1. The lowest BCUT2D eigenvalue weighted by Crippen LogP contribution is -2.29. The highest BCUT2D eigenvalue weighted by atomic mass is 31.2. The van der Waals surface area contributed by atoms with Crippen LogP contribution in [0.15, 0.2) is 61.3 Å². The number of nitrogens with two attached hydrogens (primary N) is 1. The van der Waals surface area contributed by atoms with Crippen molar-refractivity contribution in [2.24, 2.45) is 5.73 Å². The molecule has 3 N–H and O–H groups in total. The van der Waals surface area contributed by atoms with Gasteiger partial charge in [0, 0.05) is 19.4 Å². The van der Waals surface area contributed by atoms with E-state index in [-0.39, 0.29) is 32.6 Å². The smallest absolute Gasteiger partial charge is 0.462 e. The monoisotopic (exact) mass is 794 g/mol. The Hall–Kier alpha value is -2.29. The molecule has 0 spiro atoms. The van der Waals surface area contributed by atoms with Crippen molar-refractivity contribution < 1.29 is 37.6 Å². The highest BCUT2D eigenvalue weighted by Gasteiger charge is 2.26. The van der Waals surface area contributed by atoms with Gasteiger partial charge in [0.15, 0.2) is 6.10 Å². The molecule has 0 aliphatic rings. The van der Waals surface area contributed by atoms with Crippen molar-refractivity contribution in [1.29, 1.82) is 0 Å². The maximum absolute atomic E-state index is 12.6. The van der Waals surface area contributed by atoms with Gasteiger partial charge in [-0.25, -0.2) is 4.57 Å². The molecule has 0 heterocycles. The van der Waals surface area contributed by atoms with Gasteiger partial charge in [0.05, 0.1) is 13.2 Å². The van der Waals surface area contributed by atoms with Gasteiger partial charge in [-0.15, -0.1) is 6.58 Å². The maximum atomic E-state index is 12.6. The third kappa shape index (κ3) is 41.2. The molecule has 0 rings (SSSR count). The van der Waals surface area contributed by atoms with Crippen molar-refractivity contribution in [1.82, 2.24) is 0 Å². The highest BCUT2D eigenvalue weighted by molar-refractivity contribution is 7.47. The summed E-state index contributed by atoms with van der Waals surface area (Å²) in [5.74, 6) is -0.869. The van der Waals surface area contributed by atoms with Crippen molar-refractivity contribution in [3.8, 4) is 0 Å². The van der Waals surface area contributed by atoms with Crippen molar-refractivity contribution in [3.63, 3.8) is 0 Å². The predicted molar refractivity (Wildman–Crippen MR) is 229 cm³/mol. The van der Waals surface area contributed by atoms with Crippen LogP contribution in [0.3, 0.4) is 0 Å². The second-order valence-electron chi connectivity index (χ2n) is 14.3. The average Bonchev–Trinajstić information content (AvgIpc) is 3.17. The lowest BCUT2D eigenvalue weighted by molar-refractivity contribution is -0.161. The summed E-state index contributed by atoms with van der Waals surface area (Å²) in [6.07, 6.45) is 47.1. The molecule has 10 heteroatoms. The molecule has 0 aliphatic heterocycles. The Balaban J connectivity index is 4.21. The van der Waals surface area contributed by atoms with E-state index in [0.717, 1.165) is 64.2 Å². The molecule has 1 unspecified atom stereocenters. The Morgan fingerprint density at radius 1 is 0.600 bits per heavy atom. The molecule has 0 aliphatic carbocycles. The van der Waals surface area contributed by atoms with Crippen LogP contribution < -0.4 is 5.73 Å². The van der Waals surface area contributed by atoms with E-state index >= 15 is 0 Å². The van der Waals surface area contributed by atoms with Crippen LogP contribution in [0.5, 0.6) is 0 Å². The molecule has 2 atom stereocenters. The van der Waals surface area contributed by atoms with Crippen LogP contribution in [-0.4, -0.2) is 49.3 Å². The molecule has 318 valence electrons. The first-order valence-corrected chi connectivity index (χ1v) is 23.2. The molecule has 0 aromatic rings. The SMILES string of the molecule is C=CCCCCCCCCCCCCCCCC(=O)OC[C@H](COP(=O)(O)OCCN)OC(=O)CCCCC/C=C/C/C=C/C/C=C/C/C=C/CCCCC. The second kappa shape index (κ2) is 41.3. The van der Waals surface area contributed by atoms with Gasteiger partial charge in [-0.05, 0) is 70.6 Å². The number of phosphoric ester groups is 1. The number of hydrogen-bond acceptors (Lipinski definition) is 8. The minimum atomic E-state index is -4.39. The zero-order valence-corrected chi connectivity index (χ0v) is 35.6. The Kier molecular flexibility index (Phi) is 39.6. The first-order chi connectivity index (χ1) is 26.8. The van der Waals surface area contributed by atoms with Crippen LogP contribution in [0, 0.1) is 0 Å². The van der Waals surface area contributed by atoms with Gasteiger partial charge in [-0.1, -0.05) is 151 Å². The number of ether oxygens (including phenoxy) is 2. The molecule has 0 aromatic heterocycles. The van der Waals surface area contributed by atoms with Gasteiger partial charge >= 0.3 is 19.8 Å². The van der Waals surface area contributed by atoms with Crippen LogP contribution in [0.2, 0.25) is 0 Å². The fraction of sp³-hybridized carbons (Fsp3) is 0.733. The van der Waals surface area contributed by atoms with Crippen molar-refractivity contribution in [2.75, 3.05) is 26.4 Å². The highest BCUT2D eigenvalue weighted by Crippen LogP contribution is 2.43. The number of allylic oxidation sites excluding steroid dienone is 9. The molecule has 0 saturated heterocycles. The number of esters is 2. The number of unbranched alkanes of at least 4 members (excludes halogenated alkanes) is 19. The first-order valence-electron chi connectivity index (χ1n) is 21.7. The third-order valence-corrected chi connectivity index (χ3v) is 10.0. The molecule has 9 nitrogen and oxygen atoms in total. The molecule has 0 bridgehead atoms. The Labute approximate surface area is 336 Å².